The van der Waals surface area contributed by atoms with E-state index in [1.54, 1.807) is 13.2 Å². The van der Waals surface area contributed by atoms with Crippen LogP contribution in [0.15, 0.2) is 23.3 Å². The minimum Gasteiger partial charge on any atom is -0.465 e. The number of ether oxygens (including phenoxy) is 2. The summed E-state index contributed by atoms with van der Waals surface area (Å²) in [6.45, 7) is 14.1. The number of esters is 1. The first-order valence-corrected chi connectivity index (χ1v) is 11.5. The summed E-state index contributed by atoms with van der Waals surface area (Å²) in [5.74, 6) is 0.638. The van der Waals surface area contributed by atoms with Crippen LogP contribution in [0.1, 0.15) is 90.1 Å². The molecule has 1 aromatic rings. The number of nitrogens with zero attached hydrogens (tertiary/aromatic N) is 1. The molecule has 31 heavy (non-hydrogen) atoms. The van der Waals surface area contributed by atoms with Gasteiger partial charge in [-0.05, 0) is 32.1 Å². The highest BCUT2D eigenvalue weighted by Crippen LogP contribution is 2.59. The summed E-state index contributed by atoms with van der Waals surface area (Å²) in [6.07, 6.45) is 8.47. The molecule has 4 unspecified atom stereocenters. The molecule has 4 atom stereocenters. The maximum atomic E-state index is 12.7. The summed E-state index contributed by atoms with van der Waals surface area (Å²) in [6, 6.07) is 0. The molecule has 0 bridgehead atoms. The fraction of sp³-hybridized carbons (Fsp3) is 0.720. The number of carbonyl (C=O) groups is 2. The number of fused-ring (bicyclic) bond motifs is 1. The van der Waals surface area contributed by atoms with Crippen LogP contribution in [0.4, 0.5) is 0 Å². The standard InChI is InChI=1S/C25H37NO5/c1-7-25-19(20-16-29-18(3)26-20)15-30-22(28)12-14-23(4,5)21(27)11-10-17(2)9-8-13-24(25,6)31-25/h7,16-17,19H,1,8-15H2,2-6H3. The lowest BCUT2D eigenvalue weighted by molar-refractivity contribution is -0.145. The van der Waals surface area contributed by atoms with Crippen LogP contribution >= 0.6 is 0 Å². The monoisotopic (exact) mass is 431 g/mol. The van der Waals surface area contributed by atoms with Crippen molar-refractivity contribution in [2.75, 3.05) is 6.61 Å². The molecule has 0 spiro atoms. The topological polar surface area (TPSA) is 81.9 Å². The predicted octanol–water partition coefficient (Wildman–Crippen LogP) is 5.30. The molecule has 0 aliphatic carbocycles. The van der Waals surface area contributed by atoms with Crippen molar-refractivity contribution >= 4 is 11.8 Å². The molecule has 6 nitrogen and oxygen atoms in total. The van der Waals surface area contributed by atoms with Gasteiger partial charge >= 0.3 is 5.97 Å². The Kier molecular flexibility index (Phi) is 6.80. The van der Waals surface area contributed by atoms with E-state index < -0.39 is 16.6 Å². The molecule has 2 aliphatic rings. The summed E-state index contributed by atoms with van der Waals surface area (Å²) >= 11 is 0. The highest BCUT2D eigenvalue weighted by Gasteiger charge is 2.69. The van der Waals surface area contributed by atoms with Crippen LogP contribution in [-0.2, 0) is 19.1 Å². The van der Waals surface area contributed by atoms with Crippen LogP contribution in [0, 0.1) is 18.3 Å². The van der Waals surface area contributed by atoms with Crippen molar-refractivity contribution in [2.24, 2.45) is 11.3 Å². The van der Waals surface area contributed by atoms with Crippen molar-refractivity contribution in [3.05, 3.63) is 30.5 Å². The second kappa shape index (κ2) is 8.89. The van der Waals surface area contributed by atoms with Crippen molar-refractivity contribution in [2.45, 2.75) is 96.7 Å². The Balaban J connectivity index is 1.84. The summed E-state index contributed by atoms with van der Waals surface area (Å²) < 4.78 is 17.4. The largest absolute Gasteiger partial charge is 0.465 e. The molecule has 0 saturated carbocycles. The average molecular weight is 432 g/mol. The van der Waals surface area contributed by atoms with E-state index in [9.17, 15) is 9.59 Å². The van der Waals surface area contributed by atoms with Crippen LogP contribution < -0.4 is 0 Å². The van der Waals surface area contributed by atoms with Crippen molar-refractivity contribution in [3.63, 3.8) is 0 Å². The summed E-state index contributed by atoms with van der Waals surface area (Å²) in [4.78, 5) is 29.8. The third-order valence-corrected chi connectivity index (χ3v) is 7.33. The number of hydrogen-bond acceptors (Lipinski definition) is 6. The Bertz CT molecular complexity index is 828. The van der Waals surface area contributed by atoms with E-state index in [0.717, 1.165) is 25.7 Å². The van der Waals surface area contributed by atoms with Gasteiger partial charge in [-0.2, -0.15) is 0 Å². The van der Waals surface area contributed by atoms with E-state index in [0.29, 0.717) is 30.3 Å². The molecule has 0 radical (unpaired) electrons. The third kappa shape index (κ3) is 4.94. The number of carbonyl (C=O) groups excluding carboxylic acids is 2. The van der Waals surface area contributed by atoms with E-state index in [4.69, 9.17) is 13.9 Å². The molecule has 0 aromatic carbocycles. The molecule has 1 aromatic heterocycles. The first kappa shape index (κ1) is 23.7. The van der Waals surface area contributed by atoms with Gasteiger partial charge in [-0.1, -0.05) is 39.7 Å². The van der Waals surface area contributed by atoms with Crippen LogP contribution in [-0.4, -0.2) is 34.5 Å². The van der Waals surface area contributed by atoms with Gasteiger partial charge in [0.05, 0.1) is 11.6 Å². The average Bonchev–Trinajstić information content (AvgIpc) is 3.07. The minimum absolute atomic E-state index is 0.136. The molecular formula is C25H37NO5. The zero-order valence-electron chi connectivity index (χ0n) is 19.7. The number of epoxide rings is 1. The molecule has 3 rings (SSSR count). The second-order valence-electron chi connectivity index (χ2n) is 10.2. The molecule has 0 amide bonds. The molecule has 2 saturated heterocycles. The Morgan fingerprint density at radius 3 is 2.55 bits per heavy atom. The number of oxazole rings is 1. The van der Waals surface area contributed by atoms with Crippen LogP contribution in [0.5, 0.6) is 0 Å². The maximum absolute atomic E-state index is 12.7. The van der Waals surface area contributed by atoms with E-state index in [1.165, 1.54) is 0 Å². The van der Waals surface area contributed by atoms with Gasteiger partial charge in [0.15, 0.2) is 5.89 Å². The van der Waals surface area contributed by atoms with E-state index in [1.807, 2.05) is 19.9 Å². The lowest BCUT2D eigenvalue weighted by Crippen LogP contribution is -2.33. The van der Waals surface area contributed by atoms with Crippen molar-refractivity contribution in [3.8, 4) is 0 Å². The minimum atomic E-state index is -0.647. The van der Waals surface area contributed by atoms with Gasteiger partial charge in [-0.15, -0.1) is 6.58 Å². The Morgan fingerprint density at radius 1 is 1.16 bits per heavy atom. The van der Waals surface area contributed by atoms with Gasteiger partial charge in [0.25, 0.3) is 0 Å². The first-order valence-electron chi connectivity index (χ1n) is 11.5. The van der Waals surface area contributed by atoms with E-state index in [-0.39, 0.29) is 30.7 Å². The molecule has 2 aliphatic heterocycles. The molecule has 2 fully saturated rings. The highest BCUT2D eigenvalue weighted by atomic mass is 16.6. The molecular weight excluding hydrogens is 394 g/mol. The quantitative estimate of drug-likeness (QED) is 0.359. The first-order chi connectivity index (χ1) is 14.5. The lowest BCUT2D eigenvalue weighted by atomic mass is 9.78. The van der Waals surface area contributed by atoms with Crippen molar-refractivity contribution in [1.29, 1.82) is 0 Å². The molecule has 3 heterocycles. The number of Topliss-reactive ketones (excluding diaryl/α,β-unsaturated/α-hetero) is 1. The summed E-state index contributed by atoms with van der Waals surface area (Å²) in [5, 5.41) is 0. The SMILES string of the molecule is C=CC12OC1(C)CCCC(C)CCC(=O)C(C)(C)CCC(=O)OCC2c1coc(C)n1. The Hall–Kier alpha value is -1.95. The zero-order valence-corrected chi connectivity index (χ0v) is 19.7. The number of aromatic nitrogens is 1. The second-order valence-corrected chi connectivity index (χ2v) is 10.2. The normalized spacial score (nSPS) is 35.1. The lowest BCUT2D eigenvalue weighted by Gasteiger charge is -2.26. The van der Waals surface area contributed by atoms with Crippen LogP contribution in [0.2, 0.25) is 0 Å². The van der Waals surface area contributed by atoms with Gasteiger partial charge in [0.1, 0.15) is 29.9 Å². The number of aryl methyl sites for hydroxylation is 1. The molecule has 6 heteroatoms. The summed E-state index contributed by atoms with van der Waals surface area (Å²) in [5.41, 5.74) is -0.864. The fourth-order valence-electron chi connectivity index (χ4n) is 4.85. The van der Waals surface area contributed by atoms with Crippen LogP contribution in [0.25, 0.3) is 0 Å². The van der Waals surface area contributed by atoms with Gasteiger partial charge in [0.2, 0.25) is 0 Å². The number of ketones is 1. The number of hydrogen-bond donors (Lipinski definition) is 0. The predicted molar refractivity (Wildman–Crippen MR) is 118 cm³/mol. The van der Waals surface area contributed by atoms with Crippen molar-refractivity contribution in [1.82, 2.24) is 4.98 Å². The number of cyclic esters (lactones) is 1. The zero-order chi connectivity index (χ0) is 22.9. The molecule has 172 valence electrons. The van der Waals surface area contributed by atoms with E-state index in [2.05, 4.69) is 25.4 Å². The highest BCUT2D eigenvalue weighted by molar-refractivity contribution is 5.84. The maximum Gasteiger partial charge on any atom is 0.305 e. The molecule has 0 N–H and O–H groups in total. The van der Waals surface area contributed by atoms with Gasteiger partial charge in [0, 0.05) is 25.2 Å². The smallest absolute Gasteiger partial charge is 0.305 e. The Morgan fingerprint density at radius 2 is 1.90 bits per heavy atom. The van der Waals surface area contributed by atoms with Gasteiger partial charge < -0.3 is 13.9 Å². The summed E-state index contributed by atoms with van der Waals surface area (Å²) in [7, 11) is 0. The van der Waals surface area contributed by atoms with Gasteiger partial charge in [-0.3, -0.25) is 9.59 Å². The van der Waals surface area contributed by atoms with E-state index >= 15 is 0 Å². The van der Waals surface area contributed by atoms with Crippen molar-refractivity contribution < 1.29 is 23.5 Å². The fourth-order valence-corrected chi connectivity index (χ4v) is 4.85. The number of rotatable bonds is 2. The van der Waals surface area contributed by atoms with Crippen LogP contribution in [0.3, 0.4) is 0 Å². The third-order valence-electron chi connectivity index (χ3n) is 7.33. The van der Waals surface area contributed by atoms with Gasteiger partial charge in [-0.25, -0.2) is 4.98 Å². The Labute approximate surface area is 185 Å².